The highest BCUT2D eigenvalue weighted by Crippen LogP contribution is 2.45. The summed E-state index contributed by atoms with van der Waals surface area (Å²) in [6.45, 7) is 4.39. The van der Waals surface area contributed by atoms with E-state index in [0.29, 0.717) is 38.5 Å². The second-order valence-electron chi connectivity index (χ2n) is 25.5. The Labute approximate surface area is 629 Å². The van der Waals surface area contributed by atoms with Gasteiger partial charge in [0.2, 0.25) is 0 Å². The number of phosphoric ester groups is 2. The molecule has 0 aliphatic heterocycles. The molecule has 0 aromatic heterocycles. The van der Waals surface area contributed by atoms with Gasteiger partial charge in [-0.2, -0.15) is 0 Å². The predicted molar refractivity (Wildman–Crippen MR) is 426 cm³/mol. The summed E-state index contributed by atoms with van der Waals surface area (Å²) in [6, 6.07) is 0. The van der Waals surface area contributed by atoms with Gasteiger partial charge in [0, 0.05) is 25.7 Å². The second-order valence-corrected chi connectivity index (χ2v) is 28.4. The number of hydrogen-bond acceptors (Lipinski definition) is 15. The van der Waals surface area contributed by atoms with Crippen LogP contribution >= 0.6 is 15.6 Å². The van der Waals surface area contributed by atoms with Gasteiger partial charge in [0.25, 0.3) is 0 Å². The van der Waals surface area contributed by atoms with Gasteiger partial charge in [-0.25, -0.2) is 9.13 Å². The van der Waals surface area contributed by atoms with E-state index in [1.165, 1.54) is 25.7 Å². The Morgan fingerprint density at radius 1 is 0.279 bits per heavy atom. The zero-order chi connectivity index (χ0) is 76.0. The van der Waals surface area contributed by atoms with E-state index in [-0.39, 0.29) is 25.7 Å². The first kappa shape index (κ1) is 98.4. The summed E-state index contributed by atoms with van der Waals surface area (Å²) in [5.74, 6) is -2.36. The van der Waals surface area contributed by atoms with Crippen molar-refractivity contribution in [3.05, 3.63) is 170 Å². The summed E-state index contributed by atoms with van der Waals surface area (Å²) in [5, 5.41) is 10.6. The molecule has 5 atom stereocenters. The number of hydrogen-bond donors (Lipinski definition) is 3. The summed E-state index contributed by atoms with van der Waals surface area (Å²) in [4.78, 5) is 72.9. The molecule has 590 valence electrons. The number of rotatable bonds is 72. The molecular weight excluding hydrogens is 1350 g/mol. The van der Waals surface area contributed by atoms with E-state index in [1.54, 1.807) is 0 Å². The van der Waals surface area contributed by atoms with Crippen LogP contribution in [0.1, 0.15) is 285 Å². The van der Waals surface area contributed by atoms with E-state index in [2.05, 4.69) is 180 Å². The predicted octanol–water partition coefficient (Wildman–Crippen LogP) is 23.0. The quantitative estimate of drug-likeness (QED) is 0.0169. The first-order valence-corrected chi connectivity index (χ1v) is 42.4. The lowest BCUT2D eigenvalue weighted by Gasteiger charge is -2.21. The Balaban J connectivity index is 5.44. The van der Waals surface area contributed by atoms with Gasteiger partial charge >= 0.3 is 39.5 Å². The lowest BCUT2D eigenvalue weighted by molar-refractivity contribution is -0.161. The van der Waals surface area contributed by atoms with Gasteiger partial charge in [-0.15, -0.1) is 0 Å². The maximum atomic E-state index is 13.1. The topological polar surface area (TPSA) is 237 Å². The van der Waals surface area contributed by atoms with Crippen LogP contribution in [0.3, 0.4) is 0 Å². The Hall–Kier alpha value is -5.58. The lowest BCUT2D eigenvalue weighted by atomic mass is 10.1. The molecule has 17 nitrogen and oxygen atoms in total. The average molecular weight is 1490 g/mol. The Bertz CT molecular complexity index is 2640. The number of aliphatic hydroxyl groups is 1. The van der Waals surface area contributed by atoms with Crippen LogP contribution in [0, 0.1) is 0 Å². The molecule has 0 saturated carbocycles. The van der Waals surface area contributed by atoms with Crippen LogP contribution in [-0.4, -0.2) is 96.7 Å². The molecule has 0 saturated heterocycles. The average Bonchev–Trinajstić information content (AvgIpc) is 0.931. The number of allylic oxidation sites excluding steroid dienone is 28. The van der Waals surface area contributed by atoms with Crippen molar-refractivity contribution >= 4 is 39.5 Å². The van der Waals surface area contributed by atoms with Crippen molar-refractivity contribution in [2.75, 3.05) is 39.6 Å². The van der Waals surface area contributed by atoms with Crippen LogP contribution in [-0.2, 0) is 65.4 Å². The SMILES string of the molecule is CC/C=C\C/C=C\C/C=C\C/C=C\C/C=C\C/C=C\CCC(=O)OCC(COP(=O)(O)OCC(O)COP(=O)(O)OCC(COC(=O)CCCCCCCC/C=C\C/C=C\C/C=C\CCCCC)OC(=O)CCCC/C=C\C/C=C\C/C=C\C/C=C\CC)OC(=O)CCCCCCC/C=C\CCCC. The molecular formula is C85H138O17P2. The molecule has 0 rings (SSSR count). The zero-order valence-electron chi connectivity index (χ0n) is 64.4. The van der Waals surface area contributed by atoms with E-state index in [4.69, 9.17) is 37.0 Å². The summed E-state index contributed by atoms with van der Waals surface area (Å²) < 4.78 is 68.4. The van der Waals surface area contributed by atoms with Gasteiger partial charge in [0.15, 0.2) is 12.2 Å². The maximum Gasteiger partial charge on any atom is 0.472 e. The largest absolute Gasteiger partial charge is 0.472 e. The molecule has 0 aliphatic rings. The molecule has 0 aliphatic carbocycles. The van der Waals surface area contributed by atoms with Crippen molar-refractivity contribution in [3.8, 4) is 0 Å². The number of phosphoric acid groups is 2. The lowest BCUT2D eigenvalue weighted by Crippen LogP contribution is -2.30. The van der Waals surface area contributed by atoms with Crippen LogP contribution < -0.4 is 0 Å². The third-order valence-electron chi connectivity index (χ3n) is 15.7. The van der Waals surface area contributed by atoms with Crippen molar-refractivity contribution < 1.29 is 80.2 Å². The van der Waals surface area contributed by atoms with Crippen LogP contribution in [0.15, 0.2) is 170 Å². The van der Waals surface area contributed by atoms with Gasteiger partial charge in [-0.1, -0.05) is 268 Å². The van der Waals surface area contributed by atoms with Crippen molar-refractivity contribution in [1.82, 2.24) is 0 Å². The fourth-order valence-electron chi connectivity index (χ4n) is 9.69. The highest BCUT2D eigenvalue weighted by atomic mass is 31.2. The first-order chi connectivity index (χ1) is 50.7. The number of ether oxygens (including phenoxy) is 4. The van der Waals surface area contributed by atoms with Crippen LogP contribution in [0.2, 0.25) is 0 Å². The number of esters is 4. The number of unbranched alkanes of at least 4 members (excludes halogenated alkanes) is 18. The smallest absolute Gasteiger partial charge is 0.462 e. The number of carbonyl (C=O) groups excluding carboxylic acids is 4. The van der Waals surface area contributed by atoms with Crippen molar-refractivity contribution in [3.63, 3.8) is 0 Å². The van der Waals surface area contributed by atoms with E-state index >= 15 is 0 Å². The second kappa shape index (κ2) is 75.6. The molecule has 104 heavy (non-hydrogen) atoms. The summed E-state index contributed by atoms with van der Waals surface area (Å²) in [6.07, 6.45) is 89.3. The van der Waals surface area contributed by atoms with Crippen molar-refractivity contribution in [1.29, 1.82) is 0 Å². The Morgan fingerprint density at radius 2 is 0.529 bits per heavy atom. The summed E-state index contributed by atoms with van der Waals surface area (Å²) in [7, 11) is -10.0. The zero-order valence-corrected chi connectivity index (χ0v) is 66.2. The molecule has 19 heteroatoms. The van der Waals surface area contributed by atoms with Crippen LogP contribution in [0.25, 0.3) is 0 Å². The molecule has 0 amide bonds. The van der Waals surface area contributed by atoms with Gasteiger partial charge in [-0.3, -0.25) is 37.3 Å². The number of aliphatic hydroxyl groups excluding tert-OH is 1. The molecule has 5 unspecified atom stereocenters. The number of carbonyl (C=O) groups is 4. The van der Waals surface area contributed by atoms with Crippen molar-refractivity contribution in [2.45, 2.75) is 303 Å². The molecule has 0 aromatic carbocycles. The van der Waals surface area contributed by atoms with Crippen molar-refractivity contribution in [2.24, 2.45) is 0 Å². The van der Waals surface area contributed by atoms with E-state index in [1.807, 2.05) is 18.2 Å². The maximum absolute atomic E-state index is 13.1. The summed E-state index contributed by atoms with van der Waals surface area (Å²) >= 11 is 0. The van der Waals surface area contributed by atoms with E-state index < -0.39 is 97.5 Å². The Morgan fingerprint density at radius 3 is 0.885 bits per heavy atom. The monoisotopic (exact) mass is 1490 g/mol. The highest BCUT2D eigenvalue weighted by molar-refractivity contribution is 7.47. The minimum absolute atomic E-state index is 0.0282. The fraction of sp³-hybridized carbons (Fsp3) is 0.624. The van der Waals surface area contributed by atoms with Crippen LogP contribution in [0.5, 0.6) is 0 Å². The summed E-state index contributed by atoms with van der Waals surface area (Å²) in [5.41, 5.74) is 0. The normalized spacial score (nSPS) is 14.8. The highest BCUT2D eigenvalue weighted by Gasteiger charge is 2.30. The molecule has 0 aromatic rings. The van der Waals surface area contributed by atoms with Gasteiger partial charge in [-0.05, 0) is 161 Å². The van der Waals surface area contributed by atoms with Gasteiger partial charge < -0.3 is 33.8 Å². The molecule has 0 heterocycles. The van der Waals surface area contributed by atoms with E-state index in [0.717, 1.165) is 167 Å². The third-order valence-corrected chi connectivity index (χ3v) is 17.6. The van der Waals surface area contributed by atoms with Gasteiger partial charge in [0.1, 0.15) is 19.3 Å². The Kier molecular flexibility index (Phi) is 71.6. The minimum atomic E-state index is -5.00. The van der Waals surface area contributed by atoms with Gasteiger partial charge in [0.05, 0.1) is 26.4 Å². The molecule has 0 radical (unpaired) electrons. The fourth-order valence-corrected chi connectivity index (χ4v) is 11.3. The van der Waals surface area contributed by atoms with Crippen LogP contribution in [0.4, 0.5) is 0 Å². The molecule has 0 fully saturated rings. The minimum Gasteiger partial charge on any atom is -0.462 e. The molecule has 0 spiro atoms. The molecule has 3 N–H and O–H groups in total. The van der Waals surface area contributed by atoms with E-state index in [9.17, 15) is 43.2 Å². The standard InChI is InChI=1S/C85H138O17P2/c1-5-9-13-17-21-25-29-32-35-37-39-41-44-46-50-53-57-61-65-69-82(87)95-75-80(101-84(89)71-67-63-59-55-49-28-24-20-16-12-8-4)77-99-103(91,92)97-73-79(86)74-98-104(93,94)100-78-81(102-85(90)72-68-64-60-56-52-48-43-34-31-27-23-19-15-11-7-3)76-96-83(88)70-66-62-58-54-51-47-45-42-40-38-36-33-30-26-22-18-14-10-6-2/h9,11,13,15,20-27,32-36,39-43,46,50,52,56-57,61,79-81,86H,5-8,10,12,14,16-19,28-31,37-38,44-45,47-49,51,53-55,58-60,62-78H2,1-4H3,(H,91,92)(H,93,94)/b13-9-,15-11-,24-20-,25-21-,26-22-,27-23-,35-32-,36-33-,41-39-,42-40-,43-34-,50-46-,56-52-,61-57-. The third kappa shape index (κ3) is 74.7. The first-order valence-electron chi connectivity index (χ1n) is 39.4. The molecule has 0 bridgehead atoms.